The second-order valence-corrected chi connectivity index (χ2v) is 9.01. The molecule has 0 unspecified atom stereocenters. The summed E-state index contributed by atoms with van der Waals surface area (Å²) in [4.78, 5) is 0. The molecule has 0 saturated heterocycles. The van der Waals surface area contributed by atoms with Crippen molar-refractivity contribution in [3.8, 4) is 0 Å². The average Bonchev–Trinajstić information content (AvgIpc) is 1.62. The molecule has 0 N–H and O–H groups in total. The Labute approximate surface area is 57.3 Å². The Bertz CT molecular complexity index is 99.6. The maximum Gasteiger partial charge on any atom is 0.176 e. The molecular weight excluding hydrogens is 136 g/mol. The molecule has 0 nitrogen and oxygen atoms in total. The molecule has 0 saturated carbocycles. The van der Waals surface area contributed by atoms with Crippen molar-refractivity contribution >= 4 is 18.5 Å². The molecule has 0 heterocycles. The standard InChI is InChI=1S/C6H13ClSi/c1-5-6(2)8(3,4)7/h5H,1-4H3. The van der Waals surface area contributed by atoms with Gasteiger partial charge in [-0.2, -0.15) is 11.1 Å². The summed E-state index contributed by atoms with van der Waals surface area (Å²) in [6, 6.07) is 0. The highest BCUT2D eigenvalue weighted by molar-refractivity contribution is 7.22. The van der Waals surface area contributed by atoms with E-state index in [1.807, 2.05) is 6.92 Å². The second kappa shape index (κ2) is 2.69. The molecule has 0 spiro atoms. The molecule has 48 valence electrons. The fraction of sp³-hybridized carbons (Fsp3) is 0.667. The molecule has 0 bridgehead atoms. The minimum absolute atomic E-state index is 1.36. The van der Waals surface area contributed by atoms with Gasteiger partial charge in [0.15, 0.2) is 7.38 Å². The van der Waals surface area contributed by atoms with Gasteiger partial charge in [-0.25, -0.2) is 0 Å². The molecule has 2 heteroatoms. The van der Waals surface area contributed by atoms with Crippen LogP contribution in [0.4, 0.5) is 0 Å². The number of hydrogen-bond acceptors (Lipinski definition) is 0. The Balaban J connectivity index is 4.03. The SMILES string of the molecule is CC=C(C)[Si](C)(C)Cl. The molecule has 0 aliphatic rings. The molecule has 0 aromatic carbocycles. The minimum atomic E-state index is -1.43. The number of rotatable bonds is 1. The summed E-state index contributed by atoms with van der Waals surface area (Å²) in [5, 5.41) is 1.36. The predicted molar refractivity (Wildman–Crippen MR) is 42.8 cm³/mol. The van der Waals surface area contributed by atoms with E-state index >= 15 is 0 Å². The summed E-state index contributed by atoms with van der Waals surface area (Å²) in [7, 11) is -1.43. The first-order valence-corrected chi connectivity index (χ1v) is 6.82. The van der Waals surface area contributed by atoms with Crippen molar-refractivity contribution in [3.63, 3.8) is 0 Å². The summed E-state index contributed by atoms with van der Waals surface area (Å²) >= 11 is 6.05. The predicted octanol–water partition coefficient (Wildman–Crippen LogP) is 2.94. The van der Waals surface area contributed by atoms with Crippen LogP contribution < -0.4 is 0 Å². The molecule has 0 radical (unpaired) electrons. The lowest BCUT2D eigenvalue weighted by Crippen LogP contribution is -2.18. The first kappa shape index (κ1) is 8.25. The van der Waals surface area contributed by atoms with Gasteiger partial charge in [0, 0.05) is 0 Å². The van der Waals surface area contributed by atoms with E-state index in [4.69, 9.17) is 11.1 Å². The van der Waals surface area contributed by atoms with E-state index in [1.54, 1.807) is 0 Å². The maximum absolute atomic E-state index is 6.05. The highest BCUT2D eigenvalue weighted by Crippen LogP contribution is 2.17. The van der Waals surface area contributed by atoms with Gasteiger partial charge in [-0.15, -0.1) is 0 Å². The Morgan fingerprint density at radius 2 is 1.88 bits per heavy atom. The third-order valence-corrected chi connectivity index (χ3v) is 4.43. The van der Waals surface area contributed by atoms with Crippen LogP contribution >= 0.6 is 11.1 Å². The van der Waals surface area contributed by atoms with E-state index < -0.39 is 7.38 Å². The molecule has 0 aliphatic heterocycles. The Kier molecular flexibility index (Phi) is 2.78. The topological polar surface area (TPSA) is 0 Å². The van der Waals surface area contributed by atoms with Gasteiger partial charge < -0.3 is 0 Å². The number of halogens is 1. The maximum atomic E-state index is 6.05. The molecule has 8 heavy (non-hydrogen) atoms. The van der Waals surface area contributed by atoms with Crippen LogP contribution in [0.25, 0.3) is 0 Å². The van der Waals surface area contributed by atoms with E-state index in [2.05, 4.69) is 26.1 Å². The van der Waals surface area contributed by atoms with Crippen molar-refractivity contribution < 1.29 is 0 Å². The monoisotopic (exact) mass is 148 g/mol. The Hall–Kier alpha value is 0.247. The van der Waals surface area contributed by atoms with Crippen molar-refractivity contribution in [1.29, 1.82) is 0 Å². The van der Waals surface area contributed by atoms with Crippen LogP contribution in [0.2, 0.25) is 13.1 Å². The summed E-state index contributed by atoms with van der Waals surface area (Å²) in [5.74, 6) is 0. The summed E-state index contributed by atoms with van der Waals surface area (Å²) in [6.07, 6.45) is 2.10. The Morgan fingerprint density at radius 3 is 1.88 bits per heavy atom. The lowest BCUT2D eigenvalue weighted by Gasteiger charge is -2.11. The zero-order chi connectivity index (χ0) is 6.78. The molecule has 0 fully saturated rings. The fourth-order valence-corrected chi connectivity index (χ4v) is 1.36. The quantitative estimate of drug-likeness (QED) is 0.396. The van der Waals surface area contributed by atoms with Gasteiger partial charge >= 0.3 is 0 Å². The van der Waals surface area contributed by atoms with Gasteiger partial charge in [0.05, 0.1) is 0 Å². The molecule has 0 aromatic heterocycles. The second-order valence-electron chi connectivity index (χ2n) is 2.44. The Morgan fingerprint density at radius 1 is 1.50 bits per heavy atom. The average molecular weight is 149 g/mol. The molecule has 0 aromatic rings. The number of allylic oxidation sites excluding steroid dienone is 2. The van der Waals surface area contributed by atoms with Crippen LogP contribution in [0.5, 0.6) is 0 Å². The van der Waals surface area contributed by atoms with Crippen LogP contribution in [0.1, 0.15) is 13.8 Å². The van der Waals surface area contributed by atoms with Crippen LogP contribution in [-0.4, -0.2) is 7.38 Å². The van der Waals surface area contributed by atoms with E-state index in [-0.39, 0.29) is 0 Å². The van der Waals surface area contributed by atoms with Gasteiger partial charge in [0.2, 0.25) is 0 Å². The van der Waals surface area contributed by atoms with Crippen LogP contribution in [-0.2, 0) is 0 Å². The molecule has 0 atom stereocenters. The van der Waals surface area contributed by atoms with Gasteiger partial charge in [0.1, 0.15) is 0 Å². The summed E-state index contributed by atoms with van der Waals surface area (Å²) in [6.45, 7) is 8.39. The van der Waals surface area contributed by atoms with Gasteiger partial charge in [-0.1, -0.05) is 24.4 Å². The van der Waals surface area contributed by atoms with Crippen molar-refractivity contribution in [2.45, 2.75) is 26.9 Å². The third-order valence-electron chi connectivity index (χ3n) is 1.37. The molecular formula is C6H13ClSi. The summed E-state index contributed by atoms with van der Waals surface area (Å²) < 4.78 is 0. The zero-order valence-electron chi connectivity index (χ0n) is 5.96. The van der Waals surface area contributed by atoms with Crippen molar-refractivity contribution in [3.05, 3.63) is 11.3 Å². The first-order valence-electron chi connectivity index (χ1n) is 2.81. The van der Waals surface area contributed by atoms with Crippen LogP contribution in [0, 0.1) is 0 Å². The van der Waals surface area contributed by atoms with Gasteiger partial charge in [0.25, 0.3) is 0 Å². The van der Waals surface area contributed by atoms with E-state index in [1.165, 1.54) is 5.20 Å². The highest BCUT2D eigenvalue weighted by Gasteiger charge is 2.17. The van der Waals surface area contributed by atoms with Gasteiger partial charge in [-0.05, 0) is 13.8 Å². The minimum Gasteiger partial charge on any atom is -0.162 e. The van der Waals surface area contributed by atoms with E-state index in [0.717, 1.165) is 0 Å². The number of hydrogen-bond donors (Lipinski definition) is 0. The fourth-order valence-electron chi connectivity index (χ4n) is 0.343. The lowest BCUT2D eigenvalue weighted by molar-refractivity contribution is 1.53. The van der Waals surface area contributed by atoms with Crippen molar-refractivity contribution in [2.24, 2.45) is 0 Å². The molecule has 0 aliphatic carbocycles. The molecule has 0 rings (SSSR count). The highest BCUT2D eigenvalue weighted by atomic mass is 35.6. The van der Waals surface area contributed by atoms with Crippen molar-refractivity contribution in [1.82, 2.24) is 0 Å². The summed E-state index contributed by atoms with van der Waals surface area (Å²) in [5.41, 5.74) is 0. The van der Waals surface area contributed by atoms with Crippen LogP contribution in [0.15, 0.2) is 11.3 Å². The lowest BCUT2D eigenvalue weighted by atomic mass is 10.6. The normalized spacial score (nSPS) is 14.4. The van der Waals surface area contributed by atoms with E-state index in [9.17, 15) is 0 Å². The first-order chi connectivity index (χ1) is 3.48. The van der Waals surface area contributed by atoms with Crippen molar-refractivity contribution in [2.75, 3.05) is 0 Å². The van der Waals surface area contributed by atoms with Crippen LogP contribution in [0.3, 0.4) is 0 Å². The van der Waals surface area contributed by atoms with E-state index in [0.29, 0.717) is 0 Å². The third kappa shape index (κ3) is 2.53. The van der Waals surface area contributed by atoms with Gasteiger partial charge in [-0.3, -0.25) is 0 Å². The molecule has 0 amide bonds. The largest absolute Gasteiger partial charge is 0.176 e. The zero-order valence-corrected chi connectivity index (χ0v) is 7.71. The smallest absolute Gasteiger partial charge is 0.162 e.